The Hall–Kier alpha value is -0.800. The van der Waals surface area contributed by atoms with E-state index >= 15 is 0 Å². The first-order chi connectivity index (χ1) is 10.7. The summed E-state index contributed by atoms with van der Waals surface area (Å²) < 4.78 is 7.04. The zero-order valence-electron chi connectivity index (χ0n) is 12.7. The number of guanidine groups is 1. The maximum atomic E-state index is 5.92. The van der Waals surface area contributed by atoms with E-state index in [1.165, 1.54) is 10.4 Å². The summed E-state index contributed by atoms with van der Waals surface area (Å²) in [5.41, 5.74) is 1.28. The average molecular weight is 508 g/mol. The van der Waals surface area contributed by atoms with Gasteiger partial charge >= 0.3 is 0 Å². The van der Waals surface area contributed by atoms with Crippen LogP contribution in [0.3, 0.4) is 0 Å². The van der Waals surface area contributed by atoms with Crippen molar-refractivity contribution in [3.63, 3.8) is 0 Å². The zero-order chi connectivity index (χ0) is 15.4. The van der Waals surface area contributed by atoms with Crippen molar-refractivity contribution in [1.82, 2.24) is 10.6 Å². The van der Waals surface area contributed by atoms with Gasteiger partial charge in [0.1, 0.15) is 11.9 Å². The first kappa shape index (κ1) is 18.5. The standard InChI is InChI=1S/C16H18BrN3OS.HI/c1-18-16(20-9-14-7-12(17)10-22-14)19-8-13-6-11-4-2-3-5-15(11)21-13;/h2-5,7,10,13H,6,8-9H2,1H3,(H2,18,19,20);1H. The van der Waals surface area contributed by atoms with Gasteiger partial charge in [-0.3, -0.25) is 4.99 Å². The number of rotatable bonds is 4. The lowest BCUT2D eigenvalue weighted by Crippen LogP contribution is -2.41. The largest absolute Gasteiger partial charge is 0.488 e. The predicted octanol–water partition coefficient (Wildman–Crippen LogP) is 3.80. The molecule has 0 saturated carbocycles. The van der Waals surface area contributed by atoms with Crippen LogP contribution in [-0.2, 0) is 13.0 Å². The van der Waals surface area contributed by atoms with E-state index in [1.54, 1.807) is 18.4 Å². The number of aliphatic imine (C=N–C) groups is 1. The second-order valence-corrected chi connectivity index (χ2v) is 7.00. The van der Waals surface area contributed by atoms with Crippen LogP contribution in [0.4, 0.5) is 0 Å². The third-order valence-corrected chi connectivity index (χ3v) is 5.18. The fourth-order valence-corrected chi connectivity index (χ4v) is 3.81. The van der Waals surface area contributed by atoms with Crippen LogP contribution in [0.25, 0.3) is 0 Å². The minimum absolute atomic E-state index is 0. The van der Waals surface area contributed by atoms with Gasteiger partial charge in [0.15, 0.2) is 5.96 Å². The van der Waals surface area contributed by atoms with Crippen LogP contribution in [0.5, 0.6) is 5.75 Å². The minimum Gasteiger partial charge on any atom is -0.488 e. The Kier molecular flexibility index (Phi) is 7.16. The lowest BCUT2D eigenvalue weighted by atomic mass is 10.1. The van der Waals surface area contributed by atoms with Crippen LogP contribution in [0.1, 0.15) is 10.4 Å². The fraction of sp³-hybridized carbons (Fsp3) is 0.312. The Labute approximate surface area is 165 Å². The van der Waals surface area contributed by atoms with Gasteiger partial charge in [-0.1, -0.05) is 18.2 Å². The number of hydrogen-bond acceptors (Lipinski definition) is 3. The number of benzene rings is 1. The molecule has 0 amide bonds. The van der Waals surface area contributed by atoms with E-state index in [1.807, 2.05) is 12.1 Å². The Bertz CT molecular complexity index is 652. The Balaban J connectivity index is 0.00000192. The summed E-state index contributed by atoms with van der Waals surface area (Å²) in [6.07, 6.45) is 1.10. The van der Waals surface area contributed by atoms with Crippen molar-refractivity contribution in [3.8, 4) is 5.75 Å². The van der Waals surface area contributed by atoms with Crippen molar-refractivity contribution in [2.24, 2.45) is 4.99 Å². The molecule has 4 nitrogen and oxygen atoms in total. The number of nitrogens with zero attached hydrogens (tertiary/aromatic N) is 1. The summed E-state index contributed by atoms with van der Waals surface area (Å²) in [6.45, 7) is 1.50. The van der Waals surface area contributed by atoms with E-state index in [0.29, 0.717) is 0 Å². The van der Waals surface area contributed by atoms with E-state index < -0.39 is 0 Å². The molecule has 0 spiro atoms. The molecule has 1 atom stereocenters. The lowest BCUT2D eigenvalue weighted by Gasteiger charge is -2.15. The van der Waals surface area contributed by atoms with Crippen LogP contribution < -0.4 is 15.4 Å². The van der Waals surface area contributed by atoms with E-state index in [-0.39, 0.29) is 30.1 Å². The molecule has 0 aliphatic carbocycles. The number of thiophene rings is 1. The van der Waals surface area contributed by atoms with Crippen molar-refractivity contribution < 1.29 is 4.74 Å². The van der Waals surface area contributed by atoms with Crippen LogP contribution >= 0.6 is 51.2 Å². The van der Waals surface area contributed by atoms with E-state index in [9.17, 15) is 0 Å². The summed E-state index contributed by atoms with van der Waals surface area (Å²) in [5, 5.41) is 8.73. The SMILES string of the molecule is CN=C(NCc1cc(Br)cs1)NCC1Cc2ccccc2O1.I. The smallest absolute Gasteiger partial charge is 0.191 e. The third kappa shape index (κ3) is 5.09. The monoisotopic (exact) mass is 507 g/mol. The highest BCUT2D eigenvalue weighted by molar-refractivity contribution is 14.0. The number of para-hydroxylation sites is 1. The Morgan fingerprint density at radius 1 is 1.39 bits per heavy atom. The molecule has 2 N–H and O–H groups in total. The van der Waals surface area contributed by atoms with Gasteiger partial charge in [0.25, 0.3) is 0 Å². The highest BCUT2D eigenvalue weighted by Crippen LogP contribution is 2.27. The van der Waals surface area contributed by atoms with Crippen LogP contribution in [0.2, 0.25) is 0 Å². The van der Waals surface area contributed by atoms with Crippen molar-refractivity contribution in [3.05, 3.63) is 50.6 Å². The number of halogens is 2. The number of hydrogen-bond donors (Lipinski definition) is 2. The molecule has 0 fully saturated rings. The van der Waals surface area contributed by atoms with Gasteiger partial charge in [-0.2, -0.15) is 0 Å². The van der Waals surface area contributed by atoms with E-state index in [0.717, 1.165) is 35.7 Å². The molecular formula is C16H19BrIN3OS. The average Bonchev–Trinajstić information content (AvgIpc) is 3.13. The van der Waals surface area contributed by atoms with Crippen LogP contribution in [0, 0.1) is 0 Å². The van der Waals surface area contributed by atoms with Gasteiger partial charge in [0.05, 0.1) is 13.1 Å². The van der Waals surface area contributed by atoms with Gasteiger partial charge in [-0.15, -0.1) is 35.3 Å². The van der Waals surface area contributed by atoms with Gasteiger partial charge in [0.2, 0.25) is 0 Å². The topological polar surface area (TPSA) is 45.7 Å². The van der Waals surface area contributed by atoms with E-state index in [4.69, 9.17) is 4.74 Å². The fourth-order valence-electron chi connectivity index (χ4n) is 2.42. The molecular weight excluding hydrogens is 489 g/mol. The summed E-state index contributed by atoms with van der Waals surface area (Å²) in [4.78, 5) is 5.52. The van der Waals surface area contributed by atoms with Gasteiger partial charge in [-0.05, 0) is 33.6 Å². The molecule has 3 rings (SSSR count). The van der Waals surface area contributed by atoms with Crippen molar-refractivity contribution in [2.75, 3.05) is 13.6 Å². The molecule has 0 radical (unpaired) electrons. The second-order valence-electron chi connectivity index (χ2n) is 5.09. The van der Waals surface area contributed by atoms with Crippen LogP contribution in [0.15, 0.2) is 45.2 Å². The molecule has 1 aliphatic heterocycles. The summed E-state index contributed by atoms with van der Waals surface area (Å²) >= 11 is 5.19. The van der Waals surface area contributed by atoms with Gasteiger partial charge in [-0.25, -0.2) is 0 Å². The number of fused-ring (bicyclic) bond motifs is 1. The molecule has 1 aromatic heterocycles. The maximum Gasteiger partial charge on any atom is 0.191 e. The Morgan fingerprint density at radius 2 is 2.22 bits per heavy atom. The zero-order valence-corrected chi connectivity index (χ0v) is 17.4. The normalized spacial score (nSPS) is 16.3. The first-order valence-corrected chi connectivity index (χ1v) is 8.84. The minimum atomic E-state index is 0. The molecule has 0 saturated heterocycles. The lowest BCUT2D eigenvalue weighted by molar-refractivity contribution is 0.235. The molecule has 7 heteroatoms. The predicted molar refractivity (Wildman–Crippen MR) is 110 cm³/mol. The highest BCUT2D eigenvalue weighted by Gasteiger charge is 2.22. The summed E-state index contributed by atoms with van der Waals surface area (Å²) in [7, 11) is 1.78. The number of nitrogens with one attached hydrogen (secondary N) is 2. The molecule has 0 bridgehead atoms. The molecule has 1 aromatic carbocycles. The van der Waals surface area contributed by atoms with E-state index in [2.05, 4.69) is 55.1 Å². The molecule has 2 heterocycles. The number of ether oxygens (including phenoxy) is 1. The summed E-state index contributed by atoms with van der Waals surface area (Å²) in [5.74, 6) is 1.80. The molecule has 2 aromatic rings. The third-order valence-electron chi connectivity index (χ3n) is 3.49. The Morgan fingerprint density at radius 3 is 2.91 bits per heavy atom. The van der Waals surface area contributed by atoms with Gasteiger partial charge < -0.3 is 15.4 Å². The molecule has 124 valence electrons. The summed E-state index contributed by atoms with van der Waals surface area (Å²) in [6, 6.07) is 10.3. The maximum absolute atomic E-state index is 5.92. The van der Waals surface area contributed by atoms with Crippen molar-refractivity contribution in [1.29, 1.82) is 0 Å². The van der Waals surface area contributed by atoms with Crippen molar-refractivity contribution in [2.45, 2.75) is 19.1 Å². The second kappa shape index (κ2) is 8.89. The quantitative estimate of drug-likeness (QED) is 0.376. The molecule has 1 unspecified atom stereocenters. The van der Waals surface area contributed by atoms with Crippen LogP contribution in [-0.4, -0.2) is 25.7 Å². The van der Waals surface area contributed by atoms with Crippen molar-refractivity contribution >= 4 is 57.2 Å². The van der Waals surface area contributed by atoms with Gasteiger partial charge in [0, 0.05) is 28.2 Å². The highest BCUT2D eigenvalue weighted by atomic mass is 127. The molecule has 1 aliphatic rings. The molecule has 23 heavy (non-hydrogen) atoms. The first-order valence-electron chi connectivity index (χ1n) is 7.16.